The molecule has 8 heterocycles. The number of hydrogen-bond acceptors (Lipinski definition) is 28. The summed E-state index contributed by atoms with van der Waals surface area (Å²) in [4.78, 5) is 0. The van der Waals surface area contributed by atoms with Gasteiger partial charge in [0.15, 0.2) is 0 Å². The van der Waals surface area contributed by atoms with Crippen LogP contribution in [-0.2, 0) is 126 Å². The van der Waals surface area contributed by atoms with Gasteiger partial charge in [0.2, 0.25) is 0 Å². The zero-order valence-electron chi connectivity index (χ0n) is 30.0. The Balaban J connectivity index is 1.25. The van der Waals surface area contributed by atoms with Gasteiger partial charge in [0.25, 0.3) is 0 Å². The van der Waals surface area contributed by atoms with E-state index in [1.54, 1.807) is 0 Å². The van der Waals surface area contributed by atoms with Crippen LogP contribution in [0.1, 0.15) is 27.7 Å². The molecule has 8 aliphatic heterocycles. The van der Waals surface area contributed by atoms with E-state index in [0.29, 0.717) is 23.7 Å². The van der Waals surface area contributed by atoms with E-state index in [2.05, 4.69) is 34.9 Å². The summed E-state index contributed by atoms with van der Waals surface area (Å²) in [6.45, 7) is 20.0. The Morgan fingerprint density at radius 2 is 0.864 bits per heavy atom. The largest absolute Gasteiger partial charge is 0.544 e. The standard InChI is InChI=1S/C23H28O28P8/c1-17(2)9-13-32-52(24)36-21(40-56(28,41-21)48-52)37-53(25,33-14-10-18(3)4)49-57(29)42-22(43-57)38-54(26,34-15-11-19(5)6)50-58(30,44-22)45-23-39-55(27,35-16-12-20(7)8)51-59(31,46-23)47-23/h9-16H,1,3,5,7H2,2,4,6,8H3. The summed E-state index contributed by atoms with van der Waals surface area (Å²) < 4.78 is 203. The van der Waals surface area contributed by atoms with Gasteiger partial charge in [0.1, 0.15) is 0 Å². The van der Waals surface area contributed by atoms with Crippen LogP contribution in [0.4, 0.5) is 0 Å². The minimum absolute atomic E-state index is 0.243. The minimum Gasteiger partial charge on any atom is -0.412 e. The maximum Gasteiger partial charge on any atom is 0.544 e. The van der Waals surface area contributed by atoms with Crippen molar-refractivity contribution in [3.05, 3.63) is 98.0 Å². The number of rotatable bonds is 18. The summed E-state index contributed by atoms with van der Waals surface area (Å²) in [5.74, 6) is 0. The lowest BCUT2D eigenvalue weighted by atomic mass is 10.4. The van der Waals surface area contributed by atoms with E-state index >= 15 is 0 Å². The topological polar surface area (TPSA) is 321 Å². The molecule has 5 unspecified atom stereocenters. The fourth-order valence-electron chi connectivity index (χ4n) is 3.67. The third kappa shape index (κ3) is 11.1. The van der Waals surface area contributed by atoms with Crippen molar-refractivity contribution in [2.75, 3.05) is 0 Å². The number of phosphoric ester groups is 8. The van der Waals surface area contributed by atoms with Gasteiger partial charge < -0.3 is 18.1 Å². The first-order valence-corrected chi connectivity index (χ1v) is 26.8. The van der Waals surface area contributed by atoms with Crippen LogP contribution in [0, 0.1) is 0 Å². The Bertz CT molecular complexity index is 2350. The molecular formula is C23H28O28P8. The molecule has 0 aromatic carbocycles. The van der Waals surface area contributed by atoms with Crippen LogP contribution in [0.15, 0.2) is 98.0 Å². The van der Waals surface area contributed by atoms with Crippen molar-refractivity contribution in [2.45, 2.75) is 46.2 Å². The van der Waals surface area contributed by atoms with Crippen LogP contribution < -0.4 is 0 Å². The summed E-state index contributed by atoms with van der Waals surface area (Å²) in [5.41, 5.74) is 1.27. The molecule has 0 radical (unpaired) electrons. The fourth-order valence-corrected chi connectivity index (χ4v) is 16.2. The van der Waals surface area contributed by atoms with E-state index in [0.717, 1.165) is 30.8 Å². The average molecular weight is 1000 g/mol. The third-order valence-corrected chi connectivity index (χ3v) is 18.9. The van der Waals surface area contributed by atoms with Crippen molar-refractivity contribution in [2.24, 2.45) is 0 Å². The van der Waals surface area contributed by atoms with Gasteiger partial charge in [0, 0.05) is 0 Å². The van der Waals surface area contributed by atoms with Gasteiger partial charge in [-0.15, -0.1) is 0 Å². The molecule has 328 valence electrons. The quantitative estimate of drug-likeness (QED) is 0.0699. The van der Waals surface area contributed by atoms with Gasteiger partial charge in [-0.05, 0) is 52.0 Å². The van der Waals surface area contributed by atoms with Crippen LogP contribution in [0.25, 0.3) is 0 Å². The average Bonchev–Trinajstić information content (AvgIpc) is 2.95. The zero-order chi connectivity index (χ0) is 43.6. The highest BCUT2D eigenvalue weighted by atomic mass is 31.3. The summed E-state index contributed by atoms with van der Waals surface area (Å²) >= 11 is 0. The van der Waals surface area contributed by atoms with Crippen molar-refractivity contribution in [1.29, 1.82) is 0 Å². The van der Waals surface area contributed by atoms with Crippen LogP contribution in [0.2, 0.25) is 0 Å². The maximum atomic E-state index is 14.0. The highest BCUT2D eigenvalue weighted by Crippen LogP contribution is 2.89. The molecule has 0 saturated carbocycles. The second-order valence-electron chi connectivity index (χ2n) is 11.5. The lowest BCUT2D eigenvalue weighted by Gasteiger charge is -2.49. The Morgan fingerprint density at radius 1 is 0.492 bits per heavy atom. The number of hydrogen-bond donors (Lipinski definition) is 0. The molecule has 8 rings (SSSR count). The molecule has 59 heavy (non-hydrogen) atoms. The summed E-state index contributed by atoms with van der Waals surface area (Å²) in [5, 5.41) is 0. The SMILES string of the molecule is C=C(C)C=COP1(=O)OC2(OP(=O)(OC=CC(=C)C)OP3(=O)OC4(OP(=O)(OC=CC(=C)C)OP(=O)(OC56OP(=O)(OC=CC(=C)C)OP(=O)(O5)O6)O4)O3)OP(=O)(O2)O1. The second-order valence-corrected chi connectivity index (χ2v) is 24.3. The lowest BCUT2D eigenvalue weighted by molar-refractivity contribution is -0.467. The smallest absolute Gasteiger partial charge is 0.412 e. The zero-order valence-corrected chi connectivity index (χ0v) is 37.1. The monoisotopic (exact) mass is 1000 g/mol. The first kappa shape index (κ1) is 46.8. The molecule has 8 aliphatic rings. The first-order chi connectivity index (χ1) is 27.0. The van der Waals surface area contributed by atoms with E-state index in [1.165, 1.54) is 33.8 Å². The van der Waals surface area contributed by atoms with Crippen LogP contribution in [-0.4, -0.2) is 18.5 Å². The molecule has 1 spiro atoms. The summed E-state index contributed by atoms with van der Waals surface area (Å²) in [6.07, 6.45) is -3.30. The Hall–Kier alpha value is -1.68. The Labute approximate surface area is 332 Å². The Kier molecular flexibility index (Phi) is 12.6. The van der Waals surface area contributed by atoms with Gasteiger partial charge in [-0.2, -0.15) is 35.3 Å². The van der Waals surface area contributed by atoms with E-state index in [4.69, 9.17) is 81.0 Å². The number of phosphoric acid groups is 8. The predicted octanol–water partition coefficient (Wildman–Crippen LogP) is 10.5. The lowest BCUT2D eigenvalue weighted by Crippen LogP contribution is -2.53. The molecule has 0 amide bonds. The van der Waals surface area contributed by atoms with E-state index in [1.807, 2.05) is 0 Å². The summed E-state index contributed by atoms with van der Waals surface area (Å²) in [6, 6.07) is 0. The molecule has 8 fully saturated rings. The first-order valence-electron chi connectivity index (χ1n) is 15.1. The maximum absolute atomic E-state index is 14.0. The van der Waals surface area contributed by atoms with Crippen molar-refractivity contribution in [3.8, 4) is 0 Å². The van der Waals surface area contributed by atoms with Gasteiger partial charge in [-0.1, -0.05) is 48.6 Å². The van der Waals surface area contributed by atoms with E-state index in [-0.39, 0.29) is 11.1 Å². The minimum atomic E-state index is -5.89. The molecule has 5 atom stereocenters. The molecule has 0 aromatic rings. The molecule has 0 aromatic heterocycles. The van der Waals surface area contributed by atoms with Crippen molar-refractivity contribution >= 4 is 62.6 Å². The van der Waals surface area contributed by atoms with Gasteiger partial charge in [-0.3, -0.25) is 0 Å². The molecular weight excluding hydrogens is 972 g/mol. The van der Waals surface area contributed by atoms with Gasteiger partial charge in [-0.25, -0.2) is 72.7 Å². The normalized spacial score (nSPS) is 44.6. The number of allylic oxidation sites excluding steroid dienone is 8. The molecule has 0 N–H and O–H groups in total. The highest BCUT2D eigenvalue weighted by molar-refractivity contribution is 7.66. The number of fused-ring (bicyclic) bond motifs is 4. The van der Waals surface area contributed by atoms with Gasteiger partial charge in [0.05, 0.1) is 25.0 Å². The van der Waals surface area contributed by atoms with Crippen LogP contribution in [0.5, 0.6) is 0 Å². The molecule has 28 nitrogen and oxygen atoms in total. The van der Waals surface area contributed by atoms with Crippen LogP contribution in [0.3, 0.4) is 0 Å². The van der Waals surface area contributed by atoms with Crippen LogP contribution >= 0.6 is 62.6 Å². The molecule has 4 bridgehead atoms. The fraction of sp³-hybridized carbons (Fsp3) is 0.304. The Morgan fingerprint density at radius 3 is 1.32 bits per heavy atom. The third-order valence-electron chi connectivity index (χ3n) is 5.65. The predicted molar refractivity (Wildman–Crippen MR) is 187 cm³/mol. The highest BCUT2D eigenvalue weighted by Gasteiger charge is 2.80. The van der Waals surface area contributed by atoms with Crippen molar-refractivity contribution in [1.82, 2.24) is 0 Å². The van der Waals surface area contributed by atoms with Crippen molar-refractivity contribution < 1.29 is 126 Å². The van der Waals surface area contributed by atoms with Gasteiger partial charge >= 0.3 is 81.1 Å². The molecule has 8 saturated heterocycles. The second kappa shape index (κ2) is 15.8. The molecule has 0 aliphatic carbocycles. The van der Waals surface area contributed by atoms with E-state index in [9.17, 15) is 36.5 Å². The molecule has 36 heteroatoms. The van der Waals surface area contributed by atoms with Crippen molar-refractivity contribution in [3.63, 3.8) is 0 Å². The van der Waals surface area contributed by atoms with E-state index < -0.39 is 81.1 Å². The summed E-state index contributed by atoms with van der Waals surface area (Å²) in [7, 11) is -42.4.